The van der Waals surface area contributed by atoms with Crippen molar-refractivity contribution < 1.29 is 38.5 Å². The fourth-order valence-electron chi connectivity index (χ4n) is 1.69. The number of hydrogen-bond donors (Lipinski definition) is 2. The number of carbonyl (C=O) groups excluding carboxylic acids is 2. The molecular formula is C17H14O10. The molecule has 2 N–H and O–H groups in total. The third kappa shape index (κ3) is 8.20. The first-order valence-corrected chi connectivity index (χ1v) is 7.43. The van der Waals surface area contributed by atoms with Crippen molar-refractivity contribution in [3.05, 3.63) is 57.3 Å². The fraction of sp³-hybridized carbons (Fsp3) is 0.176. The van der Waals surface area contributed by atoms with E-state index in [9.17, 15) is 28.8 Å². The molecule has 0 aliphatic carbocycles. The lowest BCUT2D eigenvalue weighted by Crippen LogP contribution is -2.17. The lowest BCUT2D eigenvalue weighted by molar-refractivity contribution is -0.163. The van der Waals surface area contributed by atoms with Crippen molar-refractivity contribution in [2.45, 2.75) is 19.3 Å². The predicted molar refractivity (Wildman–Crippen MR) is 89.3 cm³/mol. The van der Waals surface area contributed by atoms with E-state index in [1.807, 2.05) is 0 Å². The molecule has 2 aromatic heterocycles. The molecule has 3 aromatic rings. The molecule has 10 heteroatoms. The third-order valence-corrected chi connectivity index (χ3v) is 2.90. The molecule has 1 fully saturated rings. The van der Waals surface area contributed by atoms with Crippen LogP contribution in [-0.2, 0) is 23.9 Å². The maximum atomic E-state index is 10.9. The number of carbonyl (C=O) groups is 4. The summed E-state index contributed by atoms with van der Waals surface area (Å²) in [5.74, 6) is -3.29. The number of benzene rings is 1. The Labute approximate surface area is 150 Å². The number of hydrogen-bond acceptors (Lipinski definition) is 8. The van der Waals surface area contributed by atoms with Gasteiger partial charge in [-0.2, -0.15) is 0 Å². The van der Waals surface area contributed by atoms with Crippen LogP contribution in [0.1, 0.15) is 19.3 Å². The van der Waals surface area contributed by atoms with Crippen LogP contribution in [0.5, 0.6) is 0 Å². The van der Waals surface area contributed by atoms with Gasteiger partial charge in [0.1, 0.15) is 0 Å². The first-order valence-electron chi connectivity index (χ1n) is 7.43. The van der Waals surface area contributed by atoms with Gasteiger partial charge in [0.2, 0.25) is 0 Å². The monoisotopic (exact) mass is 378 g/mol. The van der Waals surface area contributed by atoms with E-state index in [0.29, 0.717) is 42.2 Å². The molecular weight excluding hydrogens is 364 g/mol. The topological polar surface area (TPSA) is 165 Å². The highest BCUT2D eigenvalue weighted by molar-refractivity contribution is 5.89. The first-order chi connectivity index (χ1) is 12.7. The van der Waals surface area contributed by atoms with Crippen LogP contribution in [0.15, 0.2) is 50.4 Å². The van der Waals surface area contributed by atoms with E-state index in [1.54, 1.807) is 24.3 Å². The molecule has 3 heterocycles. The Morgan fingerprint density at radius 3 is 1.41 bits per heavy atom. The number of fused-ring (bicyclic) bond motifs is 4. The minimum Gasteiger partial charge on any atom is -0.478 e. The lowest BCUT2D eigenvalue weighted by atomic mass is 10.2. The largest absolute Gasteiger partial charge is 0.478 e. The summed E-state index contributed by atoms with van der Waals surface area (Å²) >= 11 is 0. The van der Waals surface area contributed by atoms with Crippen molar-refractivity contribution in [2.75, 3.05) is 0 Å². The van der Waals surface area contributed by atoms with Gasteiger partial charge in [-0.15, -0.1) is 0 Å². The number of aliphatic carboxylic acids is 2. The van der Waals surface area contributed by atoms with Crippen molar-refractivity contribution >= 4 is 34.6 Å². The average Bonchev–Trinajstić information content (AvgIpc) is 2.81. The number of ether oxygens (including phenoxy) is 1. The molecule has 0 spiro atoms. The van der Waals surface area contributed by atoms with Gasteiger partial charge in [0, 0.05) is 25.0 Å². The van der Waals surface area contributed by atoms with E-state index in [1.165, 1.54) is 0 Å². The van der Waals surface area contributed by atoms with E-state index in [4.69, 9.17) is 10.2 Å². The second kappa shape index (κ2) is 10.2. The molecule has 1 aliphatic rings. The molecule has 0 unspecified atom stereocenters. The highest BCUT2D eigenvalue weighted by Gasteiger charge is 2.15. The van der Waals surface area contributed by atoms with Crippen LogP contribution >= 0.6 is 0 Å². The minimum absolute atomic E-state index is 0.388. The molecule has 142 valence electrons. The second-order valence-electron chi connectivity index (χ2n) is 4.96. The Balaban J connectivity index is 0.000000208. The zero-order valence-corrected chi connectivity index (χ0v) is 13.7. The van der Waals surface area contributed by atoms with Crippen LogP contribution in [0.4, 0.5) is 0 Å². The molecule has 10 nitrogen and oxygen atoms in total. The Morgan fingerprint density at radius 2 is 1.15 bits per heavy atom. The molecule has 0 radical (unpaired) electrons. The first kappa shape index (κ1) is 21.2. The van der Waals surface area contributed by atoms with Crippen molar-refractivity contribution in [1.29, 1.82) is 0 Å². The standard InChI is InChI=1S/C8H4O3.C5H6O3.C4H4O4/c9-7-5-1-2-6(4-3-5)8(10)11-7;6-4-2-1-3-5(7)8-4;5-3(6)1-2-4(7)8/h1-4H;1-3H2;1-2H,(H,5,6)(H,7,8)/b;;2-1-. The SMILES string of the molecule is O=C(O)/C=C\C(=O)O.O=C1CCCC(=O)O1.O=c1oc(=O)c2ccc1cc2. The van der Waals surface area contributed by atoms with E-state index < -0.39 is 23.2 Å². The summed E-state index contributed by atoms with van der Waals surface area (Å²) in [4.78, 5) is 61.3. The number of carboxylic acid groups (broad SMARTS) is 2. The molecule has 2 bridgehead atoms. The highest BCUT2D eigenvalue weighted by atomic mass is 16.6. The zero-order valence-electron chi connectivity index (χ0n) is 13.7. The predicted octanol–water partition coefficient (Wildman–Crippen LogP) is 0.543. The highest BCUT2D eigenvalue weighted by Crippen LogP contribution is 2.06. The van der Waals surface area contributed by atoms with E-state index >= 15 is 0 Å². The van der Waals surface area contributed by atoms with Gasteiger partial charge < -0.3 is 19.4 Å². The average molecular weight is 378 g/mol. The zero-order chi connectivity index (χ0) is 20.4. The van der Waals surface area contributed by atoms with Crippen LogP contribution < -0.4 is 11.3 Å². The number of rotatable bonds is 2. The van der Waals surface area contributed by atoms with E-state index in [-0.39, 0.29) is 11.9 Å². The molecule has 0 saturated carbocycles. The normalized spacial score (nSPS) is 13.2. The number of carboxylic acids is 2. The van der Waals surface area contributed by atoms with Gasteiger partial charge >= 0.3 is 35.1 Å². The molecule has 1 aromatic carbocycles. The summed E-state index contributed by atoms with van der Waals surface area (Å²) in [6.45, 7) is 0. The summed E-state index contributed by atoms with van der Waals surface area (Å²) in [6.07, 6.45) is 2.56. The van der Waals surface area contributed by atoms with Crippen LogP contribution in [-0.4, -0.2) is 34.1 Å². The summed E-state index contributed by atoms with van der Waals surface area (Å²) in [5, 5.41) is 16.5. The van der Waals surface area contributed by atoms with Gasteiger partial charge in [0.25, 0.3) is 0 Å². The van der Waals surface area contributed by atoms with Crippen LogP contribution in [0.3, 0.4) is 0 Å². The van der Waals surface area contributed by atoms with Gasteiger partial charge in [-0.3, -0.25) is 9.59 Å². The molecule has 4 rings (SSSR count). The van der Waals surface area contributed by atoms with Crippen LogP contribution in [0, 0.1) is 0 Å². The minimum atomic E-state index is -1.26. The van der Waals surface area contributed by atoms with Crippen LogP contribution in [0.25, 0.3) is 10.8 Å². The van der Waals surface area contributed by atoms with E-state index in [0.717, 1.165) is 0 Å². The third-order valence-electron chi connectivity index (χ3n) is 2.90. The summed E-state index contributed by atoms with van der Waals surface area (Å²) in [6, 6.07) is 6.29. The Bertz CT molecular complexity index is 875. The van der Waals surface area contributed by atoms with Gasteiger partial charge in [-0.25, -0.2) is 19.2 Å². The van der Waals surface area contributed by atoms with Crippen LogP contribution in [0.2, 0.25) is 0 Å². The summed E-state index contributed by atoms with van der Waals surface area (Å²) in [7, 11) is 0. The van der Waals surface area contributed by atoms with Gasteiger partial charge in [0.05, 0.1) is 10.8 Å². The van der Waals surface area contributed by atoms with Crippen molar-refractivity contribution in [2.24, 2.45) is 0 Å². The smallest absolute Gasteiger partial charge is 0.346 e. The Kier molecular flexibility index (Phi) is 8.04. The van der Waals surface area contributed by atoms with Gasteiger partial charge in [-0.1, -0.05) is 0 Å². The second-order valence-corrected chi connectivity index (χ2v) is 4.96. The number of cyclic esters (lactones) is 2. The maximum absolute atomic E-state index is 10.9. The molecule has 1 saturated heterocycles. The Hall–Kier alpha value is -3.82. The van der Waals surface area contributed by atoms with E-state index in [2.05, 4.69) is 9.15 Å². The lowest BCUT2D eigenvalue weighted by Gasteiger charge is -2.06. The molecule has 1 aliphatic heterocycles. The molecule has 0 amide bonds. The Morgan fingerprint density at radius 1 is 0.778 bits per heavy atom. The molecule has 27 heavy (non-hydrogen) atoms. The van der Waals surface area contributed by atoms with Crippen molar-refractivity contribution in [3.63, 3.8) is 0 Å². The molecule has 0 atom stereocenters. The fourth-order valence-corrected chi connectivity index (χ4v) is 1.69. The summed E-state index contributed by atoms with van der Waals surface area (Å²) < 4.78 is 8.63. The van der Waals surface area contributed by atoms with Gasteiger partial charge in [0.15, 0.2) is 0 Å². The van der Waals surface area contributed by atoms with Gasteiger partial charge in [-0.05, 0) is 30.7 Å². The number of esters is 2. The van der Waals surface area contributed by atoms with Crippen molar-refractivity contribution in [3.8, 4) is 0 Å². The quantitative estimate of drug-likeness (QED) is 0.428. The maximum Gasteiger partial charge on any atom is 0.346 e. The van der Waals surface area contributed by atoms with Crippen molar-refractivity contribution in [1.82, 2.24) is 0 Å². The summed E-state index contributed by atoms with van der Waals surface area (Å²) in [5.41, 5.74) is -1.15.